The van der Waals surface area contributed by atoms with Crippen molar-refractivity contribution < 1.29 is 4.79 Å². The summed E-state index contributed by atoms with van der Waals surface area (Å²) in [7, 11) is 0. The molecule has 0 aliphatic heterocycles. The van der Waals surface area contributed by atoms with Crippen LogP contribution in [0.1, 0.15) is 76.1 Å². The van der Waals surface area contributed by atoms with Crippen molar-refractivity contribution in [2.45, 2.75) is 71.8 Å². The minimum absolute atomic E-state index is 0.189. The molecule has 1 heterocycles. The SMILES string of the molecule is CCCCC(CCC)Nc1ncccc1C(=O)CCC. The zero-order valence-corrected chi connectivity index (χ0v) is 13.1. The Morgan fingerprint density at radius 3 is 2.65 bits per heavy atom. The third-order valence-electron chi connectivity index (χ3n) is 3.47. The zero-order chi connectivity index (χ0) is 14.8. The zero-order valence-electron chi connectivity index (χ0n) is 13.1. The van der Waals surface area contributed by atoms with Gasteiger partial charge in [0, 0.05) is 18.7 Å². The summed E-state index contributed by atoms with van der Waals surface area (Å²) in [6.45, 7) is 6.44. The molecule has 1 rings (SSSR count). The van der Waals surface area contributed by atoms with Gasteiger partial charge < -0.3 is 5.32 Å². The van der Waals surface area contributed by atoms with Crippen molar-refractivity contribution in [2.24, 2.45) is 0 Å². The molecule has 3 heteroatoms. The highest BCUT2D eigenvalue weighted by atomic mass is 16.1. The number of aromatic nitrogens is 1. The van der Waals surface area contributed by atoms with Crippen LogP contribution in [0, 0.1) is 0 Å². The van der Waals surface area contributed by atoms with Gasteiger partial charge in [-0.2, -0.15) is 0 Å². The molecule has 1 atom stereocenters. The average Bonchev–Trinajstić information content (AvgIpc) is 2.46. The lowest BCUT2D eigenvalue weighted by Gasteiger charge is -2.20. The summed E-state index contributed by atoms with van der Waals surface area (Å²) >= 11 is 0. The van der Waals surface area contributed by atoms with Crippen molar-refractivity contribution in [2.75, 3.05) is 5.32 Å². The van der Waals surface area contributed by atoms with Crippen molar-refractivity contribution in [3.05, 3.63) is 23.9 Å². The van der Waals surface area contributed by atoms with Crippen LogP contribution in [0.3, 0.4) is 0 Å². The van der Waals surface area contributed by atoms with Crippen LogP contribution in [0.25, 0.3) is 0 Å². The Balaban J connectivity index is 2.80. The van der Waals surface area contributed by atoms with E-state index in [1.54, 1.807) is 6.20 Å². The summed E-state index contributed by atoms with van der Waals surface area (Å²) in [5.41, 5.74) is 0.743. The van der Waals surface area contributed by atoms with Crippen LogP contribution in [0.2, 0.25) is 0 Å². The fourth-order valence-electron chi connectivity index (χ4n) is 2.39. The number of ketones is 1. The molecular weight excluding hydrogens is 248 g/mol. The van der Waals surface area contributed by atoms with Gasteiger partial charge in [-0.15, -0.1) is 0 Å². The number of rotatable bonds is 10. The summed E-state index contributed by atoms with van der Waals surface area (Å²) in [6.07, 6.45) is 9.05. The lowest BCUT2D eigenvalue weighted by Crippen LogP contribution is -2.21. The predicted molar refractivity (Wildman–Crippen MR) is 85.3 cm³/mol. The first-order chi connectivity index (χ1) is 9.72. The third kappa shape index (κ3) is 5.32. The van der Waals surface area contributed by atoms with E-state index in [1.165, 1.54) is 12.8 Å². The molecule has 1 aromatic heterocycles. The number of unbranched alkanes of at least 4 members (excludes halogenated alkanes) is 1. The molecule has 1 unspecified atom stereocenters. The van der Waals surface area contributed by atoms with Crippen LogP contribution < -0.4 is 5.32 Å². The molecule has 20 heavy (non-hydrogen) atoms. The van der Waals surface area contributed by atoms with E-state index >= 15 is 0 Å². The summed E-state index contributed by atoms with van der Waals surface area (Å²) in [6, 6.07) is 4.15. The minimum atomic E-state index is 0.189. The third-order valence-corrected chi connectivity index (χ3v) is 3.47. The molecule has 0 spiro atoms. The maximum Gasteiger partial charge on any atom is 0.166 e. The largest absolute Gasteiger partial charge is 0.367 e. The van der Waals surface area contributed by atoms with Crippen LogP contribution in [0.5, 0.6) is 0 Å². The summed E-state index contributed by atoms with van der Waals surface area (Å²) in [5, 5.41) is 3.49. The van der Waals surface area contributed by atoms with Crippen molar-refractivity contribution in [3.8, 4) is 0 Å². The smallest absolute Gasteiger partial charge is 0.166 e. The van der Waals surface area contributed by atoms with Gasteiger partial charge in [-0.3, -0.25) is 4.79 Å². The maximum atomic E-state index is 12.1. The summed E-state index contributed by atoms with van der Waals surface area (Å²) in [5.74, 6) is 0.953. The number of carbonyl (C=O) groups excluding carboxylic acids is 1. The fourth-order valence-corrected chi connectivity index (χ4v) is 2.39. The molecule has 0 aliphatic rings. The number of anilines is 1. The van der Waals surface area contributed by atoms with E-state index in [4.69, 9.17) is 0 Å². The first-order valence-electron chi connectivity index (χ1n) is 7.97. The van der Waals surface area contributed by atoms with Crippen molar-refractivity contribution in [1.82, 2.24) is 4.98 Å². The molecule has 0 aliphatic carbocycles. The molecule has 0 saturated heterocycles. The number of pyridine rings is 1. The molecule has 0 amide bonds. The van der Waals surface area contributed by atoms with Crippen LogP contribution in [-0.2, 0) is 0 Å². The maximum absolute atomic E-state index is 12.1. The number of hydrogen-bond acceptors (Lipinski definition) is 3. The van der Waals surface area contributed by atoms with Crippen molar-refractivity contribution in [1.29, 1.82) is 0 Å². The van der Waals surface area contributed by atoms with Crippen LogP contribution in [-0.4, -0.2) is 16.8 Å². The van der Waals surface area contributed by atoms with Gasteiger partial charge >= 0.3 is 0 Å². The lowest BCUT2D eigenvalue weighted by atomic mass is 10.0. The van der Waals surface area contributed by atoms with Crippen molar-refractivity contribution >= 4 is 11.6 Å². The summed E-state index contributed by atoms with van der Waals surface area (Å²) in [4.78, 5) is 16.5. The lowest BCUT2D eigenvalue weighted by molar-refractivity contribution is 0.0982. The number of nitrogens with zero attached hydrogens (tertiary/aromatic N) is 1. The topological polar surface area (TPSA) is 42.0 Å². The van der Waals surface area contributed by atoms with Crippen LogP contribution in [0.15, 0.2) is 18.3 Å². The highest BCUT2D eigenvalue weighted by Gasteiger charge is 2.14. The minimum Gasteiger partial charge on any atom is -0.367 e. The van der Waals surface area contributed by atoms with Crippen LogP contribution in [0.4, 0.5) is 5.82 Å². The van der Waals surface area contributed by atoms with Gasteiger partial charge in [-0.05, 0) is 31.4 Å². The molecular formula is C17H28N2O. The second kappa shape index (κ2) is 9.51. The van der Waals surface area contributed by atoms with E-state index in [2.05, 4.69) is 24.1 Å². The quantitative estimate of drug-likeness (QED) is 0.622. The second-order valence-corrected chi connectivity index (χ2v) is 5.34. The Morgan fingerprint density at radius 1 is 1.20 bits per heavy atom. The molecule has 3 nitrogen and oxygen atoms in total. The number of nitrogens with one attached hydrogen (secondary N) is 1. The Labute approximate surface area is 123 Å². The highest BCUT2D eigenvalue weighted by molar-refractivity contribution is 6.00. The number of hydrogen-bond donors (Lipinski definition) is 1. The Hall–Kier alpha value is -1.38. The van der Waals surface area contributed by atoms with Gasteiger partial charge in [-0.1, -0.05) is 40.0 Å². The first-order valence-corrected chi connectivity index (χ1v) is 7.97. The number of carbonyl (C=O) groups is 1. The van der Waals surface area contributed by atoms with Gasteiger partial charge in [-0.25, -0.2) is 4.98 Å². The van der Waals surface area contributed by atoms with E-state index in [-0.39, 0.29) is 5.78 Å². The Bertz CT molecular complexity index is 404. The van der Waals surface area contributed by atoms with E-state index in [9.17, 15) is 4.79 Å². The molecule has 1 aromatic rings. The van der Waals surface area contributed by atoms with Crippen molar-refractivity contribution in [3.63, 3.8) is 0 Å². The summed E-state index contributed by atoms with van der Waals surface area (Å²) < 4.78 is 0. The van der Waals surface area contributed by atoms with Gasteiger partial charge in [0.1, 0.15) is 5.82 Å². The van der Waals surface area contributed by atoms with Crippen LogP contribution >= 0.6 is 0 Å². The predicted octanol–water partition coefficient (Wildman–Crippen LogP) is 4.84. The molecule has 0 radical (unpaired) electrons. The van der Waals surface area contributed by atoms with Gasteiger partial charge in [0.2, 0.25) is 0 Å². The molecule has 0 saturated carbocycles. The number of Topliss-reactive ketones (excluding diaryl/α,β-unsaturated/α-hetero) is 1. The molecule has 1 N–H and O–H groups in total. The molecule has 0 fully saturated rings. The van der Waals surface area contributed by atoms with E-state index < -0.39 is 0 Å². The molecule has 0 bridgehead atoms. The van der Waals surface area contributed by atoms with Gasteiger partial charge in [0.15, 0.2) is 5.78 Å². The van der Waals surface area contributed by atoms with E-state index in [1.807, 2.05) is 19.1 Å². The molecule has 112 valence electrons. The van der Waals surface area contributed by atoms with E-state index in [0.29, 0.717) is 12.5 Å². The first kappa shape index (κ1) is 16.7. The Kier molecular flexibility index (Phi) is 7.93. The second-order valence-electron chi connectivity index (χ2n) is 5.34. The van der Waals surface area contributed by atoms with Gasteiger partial charge in [0.05, 0.1) is 5.56 Å². The normalized spacial score (nSPS) is 12.2. The van der Waals surface area contributed by atoms with Gasteiger partial charge in [0.25, 0.3) is 0 Å². The monoisotopic (exact) mass is 276 g/mol. The van der Waals surface area contributed by atoms with E-state index in [0.717, 1.165) is 37.1 Å². The standard InChI is InChI=1S/C17H28N2O/c1-4-7-11-14(9-5-2)19-17-15(12-8-13-18-17)16(20)10-6-3/h8,12-14H,4-7,9-11H2,1-3H3,(H,18,19). The molecule has 0 aromatic carbocycles. The highest BCUT2D eigenvalue weighted by Crippen LogP contribution is 2.19. The average molecular weight is 276 g/mol. The fraction of sp³-hybridized carbons (Fsp3) is 0.647. The Morgan fingerprint density at radius 2 is 2.00 bits per heavy atom.